The lowest BCUT2D eigenvalue weighted by molar-refractivity contribution is 0.101. The molecule has 1 aromatic heterocycles. The molecule has 122 valence electrons. The molecular formula is C18H16N2O3S. The van der Waals surface area contributed by atoms with Crippen LogP contribution in [0.3, 0.4) is 0 Å². The van der Waals surface area contributed by atoms with Crippen LogP contribution in [0, 0.1) is 6.92 Å². The minimum Gasteiger partial charge on any atom is -0.295 e. The molecule has 0 radical (unpaired) electrons. The number of para-hydroxylation sites is 1. The van der Waals surface area contributed by atoms with Crippen molar-refractivity contribution in [2.24, 2.45) is 0 Å². The number of aryl methyl sites for hydroxylation is 1. The summed E-state index contributed by atoms with van der Waals surface area (Å²) in [4.78, 5) is 15.8. The molecule has 0 unspecified atom stereocenters. The van der Waals surface area contributed by atoms with E-state index in [2.05, 4.69) is 9.71 Å². The Morgan fingerprint density at radius 1 is 1.00 bits per heavy atom. The molecule has 0 saturated heterocycles. The van der Waals surface area contributed by atoms with E-state index in [1.165, 1.54) is 31.2 Å². The number of Topliss-reactive ketones (excluding diaryl/α,β-unsaturated/α-hetero) is 1. The highest BCUT2D eigenvalue weighted by molar-refractivity contribution is 7.92. The van der Waals surface area contributed by atoms with Crippen molar-refractivity contribution < 1.29 is 13.2 Å². The quantitative estimate of drug-likeness (QED) is 0.737. The third-order valence-electron chi connectivity index (χ3n) is 3.67. The number of hydrogen-bond donors (Lipinski definition) is 1. The Bertz CT molecular complexity index is 1030. The standard InChI is InChI=1S/C18H16N2O3S/c1-12-6-7-15-4-3-5-17(18(15)19-12)20-24(22,23)16-10-8-14(9-11-16)13(2)21/h3-11,20H,1-2H3. The maximum Gasteiger partial charge on any atom is 0.261 e. The van der Waals surface area contributed by atoms with Crippen LogP contribution < -0.4 is 4.72 Å². The third kappa shape index (κ3) is 3.14. The number of ketones is 1. The Morgan fingerprint density at radius 3 is 2.38 bits per heavy atom. The first-order valence-corrected chi connectivity index (χ1v) is 8.85. The number of aromatic nitrogens is 1. The predicted octanol–water partition coefficient (Wildman–Crippen LogP) is 3.55. The van der Waals surface area contributed by atoms with Crippen LogP contribution in [0.1, 0.15) is 23.0 Å². The van der Waals surface area contributed by atoms with Gasteiger partial charge < -0.3 is 0 Å². The van der Waals surface area contributed by atoms with Crippen LogP contribution in [-0.4, -0.2) is 19.2 Å². The lowest BCUT2D eigenvalue weighted by Gasteiger charge is -2.11. The van der Waals surface area contributed by atoms with E-state index in [9.17, 15) is 13.2 Å². The van der Waals surface area contributed by atoms with Gasteiger partial charge in [0, 0.05) is 16.6 Å². The van der Waals surface area contributed by atoms with E-state index >= 15 is 0 Å². The van der Waals surface area contributed by atoms with Crippen LogP contribution in [0.2, 0.25) is 0 Å². The summed E-state index contributed by atoms with van der Waals surface area (Å²) in [6.07, 6.45) is 0. The van der Waals surface area contributed by atoms with Gasteiger partial charge in [-0.2, -0.15) is 0 Å². The second-order valence-electron chi connectivity index (χ2n) is 5.52. The second kappa shape index (κ2) is 6.05. The summed E-state index contributed by atoms with van der Waals surface area (Å²) in [6, 6.07) is 14.9. The zero-order valence-electron chi connectivity index (χ0n) is 13.3. The fourth-order valence-corrected chi connectivity index (χ4v) is 3.47. The van der Waals surface area contributed by atoms with Gasteiger partial charge in [0.2, 0.25) is 0 Å². The number of rotatable bonds is 4. The molecule has 6 heteroatoms. The summed E-state index contributed by atoms with van der Waals surface area (Å²) in [6.45, 7) is 3.29. The van der Waals surface area contributed by atoms with E-state index < -0.39 is 10.0 Å². The highest BCUT2D eigenvalue weighted by Crippen LogP contribution is 2.24. The molecule has 0 fully saturated rings. The molecule has 5 nitrogen and oxygen atoms in total. The number of nitrogens with one attached hydrogen (secondary N) is 1. The minimum absolute atomic E-state index is 0.0946. The molecule has 2 aromatic carbocycles. The molecule has 3 aromatic rings. The minimum atomic E-state index is -3.76. The first-order chi connectivity index (χ1) is 11.4. The fourth-order valence-electron chi connectivity index (χ4n) is 2.40. The van der Waals surface area contributed by atoms with Gasteiger partial charge in [0.1, 0.15) is 0 Å². The highest BCUT2D eigenvalue weighted by Gasteiger charge is 2.16. The molecule has 1 N–H and O–H groups in total. The molecule has 3 rings (SSSR count). The molecule has 0 atom stereocenters. The van der Waals surface area contributed by atoms with Crippen molar-refractivity contribution in [2.75, 3.05) is 4.72 Å². The normalized spacial score (nSPS) is 11.4. The molecule has 0 saturated carbocycles. The monoisotopic (exact) mass is 340 g/mol. The Labute approximate surface area is 140 Å². The number of carbonyl (C=O) groups excluding carboxylic acids is 1. The number of carbonyl (C=O) groups is 1. The van der Waals surface area contributed by atoms with Gasteiger partial charge in [-0.05, 0) is 38.1 Å². The molecule has 0 aliphatic heterocycles. The van der Waals surface area contributed by atoms with Crippen molar-refractivity contribution in [3.05, 3.63) is 65.9 Å². The van der Waals surface area contributed by atoms with Crippen LogP contribution in [0.4, 0.5) is 5.69 Å². The van der Waals surface area contributed by atoms with Crippen molar-refractivity contribution in [3.63, 3.8) is 0 Å². The predicted molar refractivity (Wildman–Crippen MR) is 93.7 cm³/mol. The van der Waals surface area contributed by atoms with Gasteiger partial charge >= 0.3 is 0 Å². The number of pyridine rings is 1. The number of benzene rings is 2. The first-order valence-electron chi connectivity index (χ1n) is 7.37. The summed E-state index contributed by atoms with van der Waals surface area (Å²) >= 11 is 0. The molecule has 0 aliphatic rings. The van der Waals surface area contributed by atoms with Crippen molar-refractivity contribution in [1.29, 1.82) is 0 Å². The summed E-state index contributed by atoms with van der Waals surface area (Å²) in [7, 11) is -3.76. The number of hydrogen-bond acceptors (Lipinski definition) is 4. The van der Waals surface area contributed by atoms with Crippen LogP contribution >= 0.6 is 0 Å². The SMILES string of the molecule is CC(=O)c1ccc(S(=O)(=O)Nc2cccc3ccc(C)nc23)cc1. The summed E-state index contributed by atoms with van der Waals surface area (Å²) < 4.78 is 27.8. The van der Waals surface area contributed by atoms with Crippen LogP contribution in [0.15, 0.2) is 59.5 Å². The van der Waals surface area contributed by atoms with Gasteiger partial charge in [0.05, 0.1) is 16.1 Å². The maximum absolute atomic E-state index is 12.6. The van der Waals surface area contributed by atoms with Crippen molar-refractivity contribution in [1.82, 2.24) is 4.98 Å². The Morgan fingerprint density at radius 2 is 1.71 bits per heavy atom. The lowest BCUT2D eigenvalue weighted by atomic mass is 10.2. The lowest BCUT2D eigenvalue weighted by Crippen LogP contribution is -2.13. The van der Waals surface area contributed by atoms with Gasteiger partial charge in [-0.3, -0.25) is 14.5 Å². The number of sulfonamides is 1. The van der Waals surface area contributed by atoms with Crippen molar-refractivity contribution in [2.45, 2.75) is 18.7 Å². The van der Waals surface area contributed by atoms with Gasteiger partial charge in [-0.15, -0.1) is 0 Å². The number of fused-ring (bicyclic) bond motifs is 1. The average molecular weight is 340 g/mol. The van der Waals surface area contributed by atoms with Gasteiger partial charge in [-0.1, -0.05) is 30.3 Å². The van der Waals surface area contributed by atoms with E-state index in [0.29, 0.717) is 16.8 Å². The van der Waals surface area contributed by atoms with E-state index in [1.807, 2.05) is 25.1 Å². The number of nitrogens with zero attached hydrogens (tertiary/aromatic N) is 1. The van der Waals surface area contributed by atoms with Crippen LogP contribution in [0.25, 0.3) is 10.9 Å². The highest BCUT2D eigenvalue weighted by atomic mass is 32.2. The van der Waals surface area contributed by atoms with E-state index in [-0.39, 0.29) is 10.7 Å². The Hall–Kier alpha value is -2.73. The van der Waals surface area contributed by atoms with Crippen LogP contribution in [-0.2, 0) is 10.0 Å². The van der Waals surface area contributed by atoms with Gasteiger partial charge in [0.25, 0.3) is 10.0 Å². The summed E-state index contributed by atoms with van der Waals surface area (Å²) in [5.74, 6) is -0.111. The third-order valence-corrected chi connectivity index (χ3v) is 5.06. The maximum atomic E-state index is 12.6. The molecule has 0 amide bonds. The zero-order valence-corrected chi connectivity index (χ0v) is 14.1. The van der Waals surface area contributed by atoms with E-state index in [4.69, 9.17) is 0 Å². The molecule has 0 aliphatic carbocycles. The van der Waals surface area contributed by atoms with Gasteiger partial charge in [0.15, 0.2) is 5.78 Å². The molecule has 0 spiro atoms. The molecule has 24 heavy (non-hydrogen) atoms. The summed E-state index contributed by atoms with van der Waals surface area (Å²) in [5.41, 5.74) is 2.30. The summed E-state index contributed by atoms with van der Waals surface area (Å²) in [5, 5.41) is 0.854. The Balaban J connectivity index is 2.00. The molecule has 1 heterocycles. The van der Waals surface area contributed by atoms with Crippen LogP contribution in [0.5, 0.6) is 0 Å². The number of anilines is 1. The average Bonchev–Trinajstić information content (AvgIpc) is 2.55. The molecular weight excluding hydrogens is 324 g/mol. The van der Waals surface area contributed by atoms with E-state index in [0.717, 1.165) is 11.1 Å². The van der Waals surface area contributed by atoms with Crippen molar-refractivity contribution >= 4 is 32.4 Å². The second-order valence-corrected chi connectivity index (χ2v) is 7.20. The smallest absolute Gasteiger partial charge is 0.261 e. The first kappa shape index (κ1) is 16.1. The van der Waals surface area contributed by atoms with E-state index in [1.54, 1.807) is 12.1 Å². The zero-order chi connectivity index (χ0) is 17.3. The van der Waals surface area contributed by atoms with Crippen molar-refractivity contribution in [3.8, 4) is 0 Å². The fraction of sp³-hybridized carbons (Fsp3) is 0.111. The molecule has 0 bridgehead atoms. The van der Waals surface area contributed by atoms with Gasteiger partial charge in [-0.25, -0.2) is 8.42 Å². The largest absolute Gasteiger partial charge is 0.295 e. The topological polar surface area (TPSA) is 76.1 Å². The Kier molecular flexibility index (Phi) is 4.07.